The maximum atomic E-state index is 5.85. The van der Waals surface area contributed by atoms with Gasteiger partial charge in [-0.3, -0.25) is 0 Å². The van der Waals surface area contributed by atoms with Crippen LogP contribution in [0.2, 0.25) is 0 Å². The van der Waals surface area contributed by atoms with Crippen molar-refractivity contribution in [2.24, 2.45) is 5.73 Å². The lowest BCUT2D eigenvalue weighted by atomic mass is 10.2. The van der Waals surface area contributed by atoms with Crippen LogP contribution < -0.4 is 10.5 Å². The largest absolute Gasteiger partial charge is 0.437 e. The molecule has 1 aromatic carbocycles. The Hall–Kier alpha value is -1.98. The molecule has 2 aromatic heterocycles. The van der Waals surface area contributed by atoms with E-state index in [1.807, 2.05) is 35.7 Å². The fraction of sp³-hybridized carbons (Fsp3) is 0.0769. The van der Waals surface area contributed by atoms with E-state index in [4.69, 9.17) is 10.5 Å². The topological polar surface area (TPSA) is 61.0 Å². The van der Waals surface area contributed by atoms with Crippen LogP contribution in [0, 0.1) is 0 Å². The molecule has 0 aliphatic rings. The highest BCUT2D eigenvalue weighted by Crippen LogP contribution is 2.31. The Balaban J connectivity index is 2.04. The lowest BCUT2D eigenvalue weighted by molar-refractivity contribution is 0.463. The van der Waals surface area contributed by atoms with E-state index in [0.29, 0.717) is 12.4 Å². The van der Waals surface area contributed by atoms with E-state index in [2.05, 4.69) is 9.97 Å². The molecule has 0 fully saturated rings. The standard InChI is InChI=1S/C13H11N3OS/c14-7-9-3-1-2-4-11(9)17-13-12-10(5-6-18-12)15-8-16-13/h1-6,8H,7,14H2. The molecular weight excluding hydrogens is 246 g/mol. The number of para-hydroxylation sites is 1. The molecule has 4 nitrogen and oxygen atoms in total. The van der Waals surface area contributed by atoms with Crippen molar-refractivity contribution in [3.8, 4) is 11.6 Å². The second-order valence-corrected chi connectivity index (χ2v) is 4.64. The Morgan fingerprint density at radius 1 is 1.17 bits per heavy atom. The highest BCUT2D eigenvalue weighted by atomic mass is 32.1. The molecule has 0 radical (unpaired) electrons. The van der Waals surface area contributed by atoms with Crippen molar-refractivity contribution in [1.29, 1.82) is 0 Å². The number of nitrogens with zero attached hydrogens (tertiary/aromatic N) is 2. The van der Waals surface area contributed by atoms with Crippen LogP contribution >= 0.6 is 11.3 Å². The number of hydrogen-bond donors (Lipinski definition) is 1. The molecule has 0 bridgehead atoms. The minimum atomic E-state index is 0.439. The van der Waals surface area contributed by atoms with Crippen LogP contribution in [0.15, 0.2) is 42.0 Å². The van der Waals surface area contributed by atoms with Gasteiger partial charge < -0.3 is 10.5 Å². The average Bonchev–Trinajstić information content (AvgIpc) is 2.89. The van der Waals surface area contributed by atoms with E-state index in [9.17, 15) is 0 Å². The average molecular weight is 257 g/mol. The highest BCUT2D eigenvalue weighted by molar-refractivity contribution is 7.17. The SMILES string of the molecule is NCc1ccccc1Oc1ncnc2ccsc12. The quantitative estimate of drug-likeness (QED) is 0.783. The zero-order valence-electron chi connectivity index (χ0n) is 9.54. The van der Waals surface area contributed by atoms with Crippen molar-refractivity contribution in [2.45, 2.75) is 6.54 Å². The number of ether oxygens (including phenoxy) is 1. The second kappa shape index (κ2) is 4.72. The van der Waals surface area contributed by atoms with Gasteiger partial charge in [0.25, 0.3) is 0 Å². The summed E-state index contributed by atoms with van der Waals surface area (Å²) in [6.07, 6.45) is 1.51. The molecule has 0 aliphatic carbocycles. The Morgan fingerprint density at radius 3 is 2.94 bits per heavy atom. The van der Waals surface area contributed by atoms with Crippen molar-refractivity contribution in [2.75, 3.05) is 0 Å². The Labute approximate surface area is 108 Å². The molecule has 0 atom stereocenters. The van der Waals surface area contributed by atoms with Crippen LogP contribution in [0.4, 0.5) is 0 Å². The molecule has 3 aromatic rings. The first-order valence-electron chi connectivity index (χ1n) is 5.52. The number of rotatable bonds is 3. The first-order valence-corrected chi connectivity index (χ1v) is 6.40. The summed E-state index contributed by atoms with van der Waals surface area (Å²) < 4.78 is 6.80. The zero-order valence-corrected chi connectivity index (χ0v) is 10.4. The van der Waals surface area contributed by atoms with Crippen LogP contribution in [-0.2, 0) is 6.54 Å². The van der Waals surface area contributed by atoms with Crippen molar-refractivity contribution < 1.29 is 4.74 Å². The molecule has 2 N–H and O–H groups in total. The summed E-state index contributed by atoms with van der Waals surface area (Å²) in [7, 11) is 0. The minimum Gasteiger partial charge on any atom is -0.437 e. The Morgan fingerprint density at radius 2 is 2.06 bits per heavy atom. The number of nitrogens with two attached hydrogens (primary N) is 1. The summed E-state index contributed by atoms with van der Waals surface area (Å²) >= 11 is 1.57. The molecule has 0 spiro atoms. The predicted octanol–water partition coefficient (Wildman–Crippen LogP) is 2.94. The fourth-order valence-electron chi connectivity index (χ4n) is 1.72. The van der Waals surface area contributed by atoms with Gasteiger partial charge in [0.1, 0.15) is 16.8 Å². The van der Waals surface area contributed by atoms with Crippen LogP contribution in [0.5, 0.6) is 11.6 Å². The van der Waals surface area contributed by atoms with E-state index in [-0.39, 0.29) is 0 Å². The fourth-order valence-corrected chi connectivity index (χ4v) is 2.48. The van der Waals surface area contributed by atoms with Gasteiger partial charge in [0.05, 0.1) is 5.52 Å². The number of thiophene rings is 1. The minimum absolute atomic E-state index is 0.439. The third-order valence-corrected chi connectivity index (χ3v) is 3.50. The van der Waals surface area contributed by atoms with Crippen LogP contribution in [0.25, 0.3) is 10.2 Å². The summed E-state index contributed by atoms with van der Waals surface area (Å²) in [5, 5.41) is 1.97. The van der Waals surface area contributed by atoms with Gasteiger partial charge in [-0.2, -0.15) is 0 Å². The maximum Gasteiger partial charge on any atom is 0.240 e. The van der Waals surface area contributed by atoms with Gasteiger partial charge in [0.2, 0.25) is 5.88 Å². The van der Waals surface area contributed by atoms with Gasteiger partial charge in [0, 0.05) is 12.1 Å². The second-order valence-electron chi connectivity index (χ2n) is 3.73. The van der Waals surface area contributed by atoms with Gasteiger partial charge in [-0.05, 0) is 17.5 Å². The number of fused-ring (bicyclic) bond motifs is 1. The summed E-state index contributed by atoms with van der Waals surface area (Å²) in [6.45, 7) is 0.439. The van der Waals surface area contributed by atoms with Crippen molar-refractivity contribution in [3.05, 3.63) is 47.6 Å². The zero-order chi connectivity index (χ0) is 12.4. The molecule has 2 heterocycles. The van der Waals surface area contributed by atoms with Crippen LogP contribution in [0.3, 0.4) is 0 Å². The predicted molar refractivity (Wildman–Crippen MR) is 71.8 cm³/mol. The molecule has 0 unspecified atom stereocenters. The third-order valence-electron chi connectivity index (χ3n) is 2.61. The Kier molecular flexibility index (Phi) is 2.92. The Bertz CT molecular complexity index is 681. The first kappa shape index (κ1) is 11.1. The summed E-state index contributed by atoms with van der Waals surface area (Å²) in [5.74, 6) is 1.32. The molecular formula is C13H11N3OS. The van der Waals surface area contributed by atoms with Gasteiger partial charge in [-0.15, -0.1) is 11.3 Å². The molecule has 18 heavy (non-hydrogen) atoms. The van der Waals surface area contributed by atoms with Gasteiger partial charge in [0.15, 0.2) is 0 Å². The molecule has 0 amide bonds. The monoisotopic (exact) mass is 257 g/mol. The molecule has 0 aliphatic heterocycles. The summed E-state index contributed by atoms with van der Waals surface area (Å²) in [4.78, 5) is 8.37. The molecule has 0 saturated carbocycles. The number of hydrogen-bond acceptors (Lipinski definition) is 5. The van der Waals surface area contributed by atoms with E-state index >= 15 is 0 Å². The van der Waals surface area contributed by atoms with Crippen molar-refractivity contribution >= 4 is 21.6 Å². The van der Waals surface area contributed by atoms with Gasteiger partial charge >= 0.3 is 0 Å². The van der Waals surface area contributed by atoms with E-state index in [1.165, 1.54) is 6.33 Å². The lowest BCUT2D eigenvalue weighted by Gasteiger charge is -2.08. The van der Waals surface area contributed by atoms with Gasteiger partial charge in [-0.25, -0.2) is 9.97 Å². The first-order chi connectivity index (χ1) is 8.88. The van der Waals surface area contributed by atoms with E-state index < -0.39 is 0 Å². The van der Waals surface area contributed by atoms with Crippen LogP contribution in [0.1, 0.15) is 5.56 Å². The molecule has 5 heteroatoms. The normalized spacial score (nSPS) is 10.7. The lowest BCUT2D eigenvalue weighted by Crippen LogP contribution is -1.99. The van der Waals surface area contributed by atoms with Crippen molar-refractivity contribution in [1.82, 2.24) is 9.97 Å². The number of aromatic nitrogens is 2. The maximum absolute atomic E-state index is 5.85. The summed E-state index contributed by atoms with van der Waals surface area (Å²) in [5.41, 5.74) is 7.54. The highest BCUT2D eigenvalue weighted by Gasteiger charge is 2.09. The van der Waals surface area contributed by atoms with Gasteiger partial charge in [-0.1, -0.05) is 18.2 Å². The third kappa shape index (κ3) is 1.94. The smallest absolute Gasteiger partial charge is 0.240 e. The molecule has 3 rings (SSSR count). The van der Waals surface area contributed by atoms with Crippen LogP contribution in [-0.4, -0.2) is 9.97 Å². The molecule has 90 valence electrons. The van der Waals surface area contributed by atoms with E-state index in [1.54, 1.807) is 11.3 Å². The van der Waals surface area contributed by atoms with Crippen molar-refractivity contribution in [3.63, 3.8) is 0 Å². The number of benzene rings is 1. The molecule has 0 saturated heterocycles. The summed E-state index contributed by atoms with van der Waals surface area (Å²) in [6, 6.07) is 9.65. The van der Waals surface area contributed by atoms with E-state index in [0.717, 1.165) is 21.5 Å².